The number of hydrogen-bond acceptors (Lipinski definition) is 7. The van der Waals surface area contributed by atoms with Gasteiger partial charge in [0.2, 0.25) is 0 Å². The van der Waals surface area contributed by atoms with Gasteiger partial charge in [-0.05, 0) is 115 Å². The number of aliphatic hydroxyl groups is 2. The zero-order valence-corrected chi connectivity index (χ0v) is 30.5. The molecule has 50 heavy (non-hydrogen) atoms. The van der Waals surface area contributed by atoms with Crippen LogP contribution < -0.4 is 4.74 Å². The highest BCUT2D eigenvalue weighted by molar-refractivity contribution is 5.87. The van der Waals surface area contributed by atoms with Crippen LogP contribution in [-0.2, 0) is 44.7 Å². The SMILES string of the molecule is C=C(C)C(=O)OCCCc1cc(-c2ccc(-c3ccc(CCC)cc3)cc2CCC)cc(CCCOC(=O)C(=C)C)c1OCCC(CO)CO. The van der Waals surface area contributed by atoms with Gasteiger partial charge in [0.05, 0.1) is 19.8 Å². The summed E-state index contributed by atoms with van der Waals surface area (Å²) in [6, 6.07) is 19.9. The average Bonchev–Trinajstić information content (AvgIpc) is 3.11. The molecule has 0 saturated carbocycles. The molecule has 270 valence electrons. The summed E-state index contributed by atoms with van der Waals surface area (Å²) in [6.07, 6.45) is 6.94. The Hall–Kier alpha value is -4.20. The third-order valence-electron chi connectivity index (χ3n) is 8.64. The molecule has 7 heteroatoms. The highest BCUT2D eigenvalue weighted by Gasteiger charge is 2.18. The Labute approximate surface area is 299 Å². The summed E-state index contributed by atoms with van der Waals surface area (Å²) in [4.78, 5) is 24.1. The molecule has 0 unspecified atom stereocenters. The van der Waals surface area contributed by atoms with Crippen molar-refractivity contribution < 1.29 is 34.0 Å². The first-order chi connectivity index (χ1) is 24.1. The van der Waals surface area contributed by atoms with Gasteiger partial charge in [-0.15, -0.1) is 0 Å². The van der Waals surface area contributed by atoms with Gasteiger partial charge in [-0.2, -0.15) is 0 Å². The lowest BCUT2D eigenvalue weighted by molar-refractivity contribution is -0.139. The van der Waals surface area contributed by atoms with Gasteiger partial charge in [0.1, 0.15) is 5.75 Å². The van der Waals surface area contributed by atoms with Gasteiger partial charge in [0.15, 0.2) is 0 Å². The molecule has 0 heterocycles. The summed E-state index contributed by atoms with van der Waals surface area (Å²) < 4.78 is 17.3. The largest absolute Gasteiger partial charge is 0.493 e. The number of aryl methyl sites for hydroxylation is 4. The fourth-order valence-corrected chi connectivity index (χ4v) is 5.82. The molecule has 0 fully saturated rings. The standard InChI is InChI=1S/C43H56O7/c1-7-11-32-15-17-34(18-16-32)35-19-20-40(36(25-35)12-8-2)39-26-37(13-9-22-49-42(46)30(3)4)41(48-24-21-33(28-44)29-45)38(27-39)14-10-23-50-43(47)31(5)6/h15-20,25-27,33,44-45H,3,5,7-14,21-24,28-29H2,1-2,4,6H3. The van der Waals surface area contributed by atoms with Crippen molar-refractivity contribution in [3.8, 4) is 28.0 Å². The monoisotopic (exact) mass is 684 g/mol. The number of benzene rings is 3. The maximum Gasteiger partial charge on any atom is 0.333 e. The zero-order valence-electron chi connectivity index (χ0n) is 30.5. The van der Waals surface area contributed by atoms with Gasteiger partial charge in [-0.3, -0.25) is 0 Å². The Morgan fingerprint density at radius 3 is 1.68 bits per heavy atom. The summed E-state index contributed by atoms with van der Waals surface area (Å²) in [5.74, 6) is -0.365. The van der Waals surface area contributed by atoms with Crippen LogP contribution in [0.5, 0.6) is 5.75 Å². The van der Waals surface area contributed by atoms with E-state index in [-0.39, 0.29) is 32.3 Å². The van der Waals surface area contributed by atoms with Crippen molar-refractivity contribution in [2.75, 3.05) is 33.0 Å². The molecule has 0 bridgehead atoms. The molecule has 0 aromatic heterocycles. The zero-order chi connectivity index (χ0) is 36.5. The molecule has 0 saturated heterocycles. The summed E-state index contributed by atoms with van der Waals surface area (Å²) in [7, 11) is 0. The number of ether oxygens (including phenoxy) is 3. The van der Waals surface area contributed by atoms with Crippen molar-refractivity contribution in [3.63, 3.8) is 0 Å². The molecule has 0 aliphatic rings. The van der Waals surface area contributed by atoms with Gasteiger partial charge >= 0.3 is 11.9 Å². The lowest BCUT2D eigenvalue weighted by Gasteiger charge is -2.21. The highest BCUT2D eigenvalue weighted by atomic mass is 16.5. The smallest absolute Gasteiger partial charge is 0.333 e. The summed E-state index contributed by atoms with van der Waals surface area (Å²) in [5.41, 5.74) is 9.86. The van der Waals surface area contributed by atoms with Crippen LogP contribution in [0.3, 0.4) is 0 Å². The molecule has 0 amide bonds. The molecule has 0 spiro atoms. The van der Waals surface area contributed by atoms with Crippen molar-refractivity contribution in [2.45, 2.75) is 85.5 Å². The minimum Gasteiger partial charge on any atom is -0.493 e. The van der Waals surface area contributed by atoms with Crippen molar-refractivity contribution in [1.82, 2.24) is 0 Å². The number of rotatable bonds is 22. The lowest BCUT2D eigenvalue weighted by atomic mass is 9.89. The quantitative estimate of drug-likeness (QED) is 0.0623. The Kier molecular flexibility index (Phi) is 17.0. The first kappa shape index (κ1) is 40.2. The van der Waals surface area contributed by atoms with Gasteiger partial charge in [-0.1, -0.05) is 82.3 Å². The van der Waals surface area contributed by atoms with E-state index in [0.29, 0.717) is 49.9 Å². The molecular formula is C43H56O7. The Bertz CT molecular complexity index is 1510. The molecule has 0 aliphatic heterocycles. The Balaban J connectivity index is 2.06. The summed E-state index contributed by atoms with van der Waals surface area (Å²) in [5, 5.41) is 19.3. The summed E-state index contributed by atoms with van der Waals surface area (Å²) in [6.45, 7) is 15.5. The predicted molar refractivity (Wildman–Crippen MR) is 201 cm³/mol. The summed E-state index contributed by atoms with van der Waals surface area (Å²) >= 11 is 0. The van der Waals surface area contributed by atoms with Crippen LogP contribution in [0.2, 0.25) is 0 Å². The van der Waals surface area contributed by atoms with Crippen LogP contribution in [0.25, 0.3) is 22.3 Å². The van der Waals surface area contributed by atoms with Gasteiger partial charge in [-0.25, -0.2) is 9.59 Å². The van der Waals surface area contributed by atoms with Crippen LogP contribution in [0.1, 0.15) is 82.1 Å². The first-order valence-corrected chi connectivity index (χ1v) is 18.0. The van der Waals surface area contributed by atoms with E-state index in [1.54, 1.807) is 13.8 Å². The van der Waals surface area contributed by atoms with Crippen LogP contribution >= 0.6 is 0 Å². The molecule has 3 aromatic rings. The Morgan fingerprint density at radius 2 is 1.18 bits per heavy atom. The van der Waals surface area contributed by atoms with E-state index in [1.165, 1.54) is 22.3 Å². The first-order valence-electron chi connectivity index (χ1n) is 18.0. The Morgan fingerprint density at radius 1 is 0.660 bits per heavy atom. The maximum atomic E-state index is 12.1. The van der Waals surface area contributed by atoms with E-state index >= 15 is 0 Å². The van der Waals surface area contributed by atoms with Crippen LogP contribution in [-0.4, -0.2) is 55.2 Å². The number of esters is 2. The van der Waals surface area contributed by atoms with Crippen LogP contribution in [0, 0.1) is 5.92 Å². The molecule has 3 rings (SSSR count). The van der Waals surface area contributed by atoms with Crippen LogP contribution in [0.4, 0.5) is 0 Å². The van der Waals surface area contributed by atoms with Crippen LogP contribution in [0.15, 0.2) is 78.9 Å². The molecular weight excluding hydrogens is 628 g/mol. The normalized spacial score (nSPS) is 11.0. The number of hydrogen-bond donors (Lipinski definition) is 2. The van der Waals surface area contributed by atoms with E-state index in [9.17, 15) is 19.8 Å². The third kappa shape index (κ3) is 12.3. The lowest BCUT2D eigenvalue weighted by Crippen LogP contribution is -2.16. The maximum absolute atomic E-state index is 12.1. The van der Waals surface area contributed by atoms with Gasteiger partial charge < -0.3 is 24.4 Å². The second-order valence-corrected chi connectivity index (χ2v) is 13.1. The second-order valence-electron chi connectivity index (χ2n) is 13.1. The number of aliphatic hydroxyl groups excluding tert-OH is 2. The number of carbonyl (C=O) groups excluding carboxylic acids is 2. The van der Waals surface area contributed by atoms with Crippen molar-refractivity contribution in [1.29, 1.82) is 0 Å². The van der Waals surface area contributed by atoms with E-state index in [1.807, 2.05) is 0 Å². The predicted octanol–water partition coefficient (Wildman–Crippen LogP) is 8.40. The molecule has 0 radical (unpaired) electrons. The molecule has 2 N–H and O–H groups in total. The van der Waals surface area contributed by atoms with Crippen molar-refractivity contribution in [2.24, 2.45) is 5.92 Å². The topological polar surface area (TPSA) is 102 Å². The average molecular weight is 685 g/mol. The number of carbonyl (C=O) groups is 2. The second kappa shape index (κ2) is 21.1. The third-order valence-corrected chi connectivity index (χ3v) is 8.64. The molecule has 7 nitrogen and oxygen atoms in total. The van der Waals surface area contributed by atoms with Gasteiger partial charge in [0.25, 0.3) is 0 Å². The minimum atomic E-state index is -0.413. The fraction of sp³-hybridized carbons (Fsp3) is 0.442. The van der Waals surface area contributed by atoms with Gasteiger partial charge in [0, 0.05) is 30.3 Å². The molecule has 0 atom stereocenters. The fourth-order valence-electron chi connectivity index (χ4n) is 5.82. The van der Waals surface area contributed by atoms with E-state index < -0.39 is 11.9 Å². The van der Waals surface area contributed by atoms with Crippen molar-refractivity contribution >= 4 is 11.9 Å². The highest BCUT2D eigenvalue weighted by Crippen LogP contribution is 2.37. The minimum absolute atomic E-state index is 0.125. The molecule has 0 aliphatic carbocycles. The van der Waals surface area contributed by atoms with E-state index in [4.69, 9.17) is 14.2 Å². The molecule has 3 aromatic carbocycles. The van der Waals surface area contributed by atoms with Crippen molar-refractivity contribution in [3.05, 3.63) is 101 Å². The van der Waals surface area contributed by atoms with E-state index in [2.05, 4.69) is 81.6 Å². The van der Waals surface area contributed by atoms with E-state index in [0.717, 1.165) is 53.7 Å².